The number of furan rings is 1. The number of aromatic nitrogens is 1. The minimum absolute atomic E-state index is 0.271. The van der Waals surface area contributed by atoms with Crippen molar-refractivity contribution in [1.29, 1.82) is 0 Å². The van der Waals surface area contributed by atoms with Crippen LogP contribution in [0.2, 0.25) is 5.02 Å². The molecule has 24 heavy (non-hydrogen) atoms. The minimum atomic E-state index is -0.271. The average Bonchev–Trinajstić information content (AvgIpc) is 3.16. The van der Waals surface area contributed by atoms with Gasteiger partial charge < -0.3 is 14.6 Å². The molecule has 0 fully saturated rings. The molecule has 0 unspecified atom stereocenters. The molecule has 3 rings (SSSR count). The Morgan fingerprint density at radius 1 is 1.33 bits per heavy atom. The summed E-state index contributed by atoms with van der Waals surface area (Å²) < 4.78 is 5.34. The van der Waals surface area contributed by atoms with Gasteiger partial charge in [-0.2, -0.15) is 0 Å². The van der Waals surface area contributed by atoms with Crippen molar-refractivity contribution in [3.05, 3.63) is 52.2 Å². The Hall–Kier alpha value is -2.31. The molecule has 0 atom stereocenters. The first kappa shape index (κ1) is 16.5. The maximum absolute atomic E-state index is 12.6. The molecule has 0 spiro atoms. The predicted octanol–water partition coefficient (Wildman–Crippen LogP) is 4.68. The Bertz CT molecular complexity index is 872. The van der Waals surface area contributed by atoms with Gasteiger partial charge in [0.25, 0.3) is 5.91 Å². The van der Waals surface area contributed by atoms with Crippen molar-refractivity contribution in [3.8, 4) is 10.8 Å². The fraction of sp³-hybridized carbons (Fsp3) is 0.176. The van der Waals surface area contributed by atoms with Gasteiger partial charge in [-0.3, -0.25) is 4.79 Å². The fourth-order valence-electron chi connectivity index (χ4n) is 2.29. The zero-order valence-corrected chi connectivity index (χ0v) is 15.0. The predicted molar refractivity (Wildman–Crippen MR) is 98.3 cm³/mol. The summed E-state index contributed by atoms with van der Waals surface area (Å²) in [6.07, 6.45) is 1.58. The molecular formula is C17H16ClN3O2S. The first-order valence-electron chi connectivity index (χ1n) is 7.25. The molecule has 0 aliphatic rings. The summed E-state index contributed by atoms with van der Waals surface area (Å²) in [6.45, 7) is 1.86. The van der Waals surface area contributed by atoms with Crippen molar-refractivity contribution in [2.45, 2.75) is 6.92 Å². The highest BCUT2D eigenvalue weighted by atomic mass is 35.5. The van der Waals surface area contributed by atoms with Crippen LogP contribution in [-0.4, -0.2) is 25.0 Å². The summed E-state index contributed by atoms with van der Waals surface area (Å²) in [5, 5.41) is 4.14. The van der Waals surface area contributed by atoms with Crippen LogP contribution in [0.4, 0.5) is 11.4 Å². The van der Waals surface area contributed by atoms with Crippen LogP contribution in [0.15, 0.2) is 41.0 Å². The number of amides is 1. The van der Waals surface area contributed by atoms with Crippen LogP contribution < -0.4 is 10.2 Å². The van der Waals surface area contributed by atoms with E-state index in [1.807, 2.05) is 38.1 Å². The number of nitrogens with one attached hydrogen (secondary N) is 1. The van der Waals surface area contributed by atoms with Crippen LogP contribution in [0.5, 0.6) is 0 Å². The molecule has 1 aromatic carbocycles. The van der Waals surface area contributed by atoms with Crippen LogP contribution in [0.1, 0.15) is 15.4 Å². The maximum atomic E-state index is 12.6. The molecule has 7 heteroatoms. The maximum Gasteiger partial charge on any atom is 0.275 e. The first-order valence-corrected chi connectivity index (χ1v) is 8.44. The van der Waals surface area contributed by atoms with Gasteiger partial charge in [-0.1, -0.05) is 11.6 Å². The van der Waals surface area contributed by atoms with Gasteiger partial charge in [0.2, 0.25) is 0 Å². The van der Waals surface area contributed by atoms with E-state index in [4.69, 9.17) is 16.0 Å². The van der Waals surface area contributed by atoms with Gasteiger partial charge in [0.1, 0.15) is 5.69 Å². The quantitative estimate of drug-likeness (QED) is 0.732. The Morgan fingerprint density at radius 3 is 2.79 bits per heavy atom. The lowest BCUT2D eigenvalue weighted by atomic mass is 10.2. The van der Waals surface area contributed by atoms with Crippen molar-refractivity contribution in [1.82, 2.24) is 4.98 Å². The molecule has 1 N–H and O–H groups in total. The second-order valence-corrected chi connectivity index (χ2v) is 7.05. The molecule has 1 amide bonds. The van der Waals surface area contributed by atoms with E-state index in [1.54, 1.807) is 24.5 Å². The van der Waals surface area contributed by atoms with E-state index in [9.17, 15) is 4.79 Å². The molecule has 5 nitrogen and oxygen atoms in total. The molecule has 124 valence electrons. The zero-order valence-electron chi connectivity index (χ0n) is 13.5. The van der Waals surface area contributed by atoms with Crippen LogP contribution in [0.25, 0.3) is 10.8 Å². The number of rotatable bonds is 4. The molecule has 0 aliphatic carbocycles. The van der Waals surface area contributed by atoms with E-state index < -0.39 is 0 Å². The van der Waals surface area contributed by atoms with Crippen molar-refractivity contribution >= 4 is 40.2 Å². The minimum Gasteiger partial charge on any atom is -0.462 e. The molecule has 0 aliphatic heterocycles. The van der Waals surface area contributed by atoms with Gasteiger partial charge in [0, 0.05) is 24.0 Å². The SMILES string of the molecule is Cc1sc(-c2ccco2)nc1C(=O)Nc1cc(Cl)ccc1N(C)C. The largest absolute Gasteiger partial charge is 0.462 e. The molecule has 3 aromatic rings. The van der Waals surface area contributed by atoms with Crippen molar-refractivity contribution < 1.29 is 9.21 Å². The molecule has 0 saturated heterocycles. The van der Waals surface area contributed by atoms with Gasteiger partial charge in [0.05, 0.1) is 17.6 Å². The Kier molecular flexibility index (Phi) is 4.59. The molecule has 2 heterocycles. The molecule has 0 saturated carbocycles. The third-order valence-corrected chi connectivity index (χ3v) is 4.65. The normalized spacial score (nSPS) is 10.7. The second kappa shape index (κ2) is 6.67. The number of halogens is 1. The molecule has 0 bridgehead atoms. The van der Waals surface area contributed by atoms with E-state index in [1.165, 1.54) is 11.3 Å². The standard InChI is InChI=1S/C17H16ClN3O2S/c1-10-15(20-17(24-10)14-5-4-8-23-14)16(22)19-12-9-11(18)6-7-13(12)21(2)3/h4-9H,1-3H3,(H,19,22). The lowest BCUT2D eigenvalue weighted by molar-refractivity contribution is 0.102. The summed E-state index contributed by atoms with van der Waals surface area (Å²) in [4.78, 5) is 19.8. The Balaban J connectivity index is 1.90. The summed E-state index contributed by atoms with van der Waals surface area (Å²) in [5.74, 6) is 0.380. The lowest BCUT2D eigenvalue weighted by Gasteiger charge is -2.18. The monoisotopic (exact) mass is 361 g/mol. The van der Waals surface area contributed by atoms with Crippen molar-refractivity contribution in [2.24, 2.45) is 0 Å². The third-order valence-electron chi connectivity index (χ3n) is 3.43. The number of anilines is 2. The average molecular weight is 362 g/mol. The highest BCUT2D eigenvalue weighted by Crippen LogP contribution is 2.31. The number of carbonyl (C=O) groups excluding carboxylic acids is 1. The third kappa shape index (κ3) is 3.29. The highest BCUT2D eigenvalue weighted by Gasteiger charge is 2.19. The van der Waals surface area contributed by atoms with Crippen molar-refractivity contribution in [3.63, 3.8) is 0 Å². The number of aryl methyl sites for hydroxylation is 1. The Morgan fingerprint density at radius 2 is 2.12 bits per heavy atom. The highest BCUT2D eigenvalue weighted by molar-refractivity contribution is 7.15. The Labute approximate surface area is 148 Å². The van der Waals surface area contributed by atoms with Gasteiger partial charge in [0.15, 0.2) is 10.8 Å². The van der Waals surface area contributed by atoms with E-state index in [2.05, 4.69) is 10.3 Å². The summed E-state index contributed by atoms with van der Waals surface area (Å²) in [7, 11) is 3.81. The van der Waals surface area contributed by atoms with Gasteiger partial charge in [-0.15, -0.1) is 11.3 Å². The van der Waals surface area contributed by atoms with Crippen LogP contribution in [0, 0.1) is 6.92 Å². The van der Waals surface area contributed by atoms with Gasteiger partial charge >= 0.3 is 0 Å². The molecule has 0 radical (unpaired) electrons. The van der Waals surface area contributed by atoms with E-state index in [0.717, 1.165) is 10.6 Å². The van der Waals surface area contributed by atoms with Gasteiger partial charge in [-0.25, -0.2) is 4.98 Å². The summed E-state index contributed by atoms with van der Waals surface area (Å²) in [6, 6.07) is 8.99. The second-order valence-electron chi connectivity index (χ2n) is 5.41. The number of carbonyl (C=O) groups is 1. The van der Waals surface area contributed by atoms with Gasteiger partial charge in [-0.05, 0) is 37.3 Å². The molecular weight excluding hydrogens is 346 g/mol. The zero-order chi connectivity index (χ0) is 17.3. The topological polar surface area (TPSA) is 58.4 Å². The van der Waals surface area contributed by atoms with Crippen LogP contribution >= 0.6 is 22.9 Å². The van der Waals surface area contributed by atoms with E-state index >= 15 is 0 Å². The fourth-order valence-corrected chi connectivity index (χ4v) is 3.34. The molecule has 2 aromatic heterocycles. The lowest BCUT2D eigenvalue weighted by Crippen LogP contribution is -2.17. The van der Waals surface area contributed by atoms with E-state index in [-0.39, 0.29) is 5.91 Å². The number of benzene rings is 1. The van der Waals surface area contributed by atoms with Crippen molar-refractivity contribution in [2.75, 3.05) is 24.3 Å². The number of nitrogens with zero attached hydrogens (tertiary/aromatic N) is 2. The van der Waals surface area contributed by atoms with Crippen LogP contribution in [0.3, 0.4) is 0 Å². The number of thiazole rings is 1. The smallest absolute Gasteiger partial charge is 0.275 e. The summed E-state index contributed by atoms with van der Waals surface area (Å²) >= 11 is 7.48. The number of hydrogen-bond acceptors (Lipinski definition) is 5. The number of hydrogen-bond donors (Lipinski definition) is 1. The summed E-state index contributed by atoms with van der Waals surface area (Å²) in [5.41, 5.74) is 1.90. The first-order chi connectivity index (χ1) is 11.5. The van der Waals surface area contributed by atoms with E-state index in [0.29, 0.717) is 27.2 Å². The van der Waals surface area contributed by atoms with Crippen LogP contribution in [-0.2, 0) is 0 Å².